The molecule has 0 saturated heterocycles. The van der Waals surface area contributed by atoms with Crippen LogP contribution in [0.4, 0.5) is 26.3 Å². The van der Waals surface area contributed by atoms with Crippen molar-refractivity contribution >= 4 is 5.91 Å². The molecule has 0 fully saturated rings. The van der Waals surface area contributed by atoms with Crippen molar-refractivity contribution in [1.29, 1.82) is 0 Å². The van der Waals surface area contributed by atoms with Crippen molar-refractivity contribution < 1.29 is 31.1 Å². The Hall–Kier alpha value is -3.29. The standard InChI is InChI=1S/C25H21F6NO/c26-24(27,28)20-13-17(14-21(15-20)25(29,30)31)11-12-32-23(33)16-22(18-7-3-1-4-8-18)19-9-5-2-6-10-19/h1-10,13-15,22H,11-12,16H2,(H,32,33). The average Bonchev–Trinajstić information content (AvgIpc) is 2.77. The third-order valence-corrected chi connectivity index (χ3v) is 5.18. The fourth-order valence-electron chi connectivity index (χ4n) is 3.57. The Kier molecular flexibility index (Phi) is 7.46. The lowest BCUT2D eigenvalue weighted by atomic mass is 9.88. The number of nitrogens with one attached hydrogen (secondary N) is 1. The topological polar surface area (TPSA) is 29.1 Å². The molecule has 0 unspecified atom stereocenters. The van der Waals surface area contributed by atoms with Crippen LogP contribution in [0, 0.1) is 0 Å². The zero-order chi connectivity index (χ0) is 24.1. The van der Waals surface area contributed by atoms with E-state index >= 15 is 0 Å². The number of amides is 1. The monoisotopic (exact) mass is 465 g/mol. The first-order valence-electron chi connectivity index (χ1n) is 10.2. The summed E-state index contributed by atoms with van der Waals surface area (Å²) in [5, 5.41) is 2.62. The van der Waals surface area contributed by atoms with Gasteiger partial charge < -0.3 is 5.32 Å². The van der Waals surface area contributed by atoms with E-state index in [0.717, 1.165) is 11.1 Å². The highest BCUT2D eigenvalue weighted by Gasteiger charge is 2.36. The van der Waals surface area contributed by atoms with Crippen LogP contribution in [0.3, 0.4) is 0 Å². The fraction of sp³-hybridized carbons (Fsp3) is 0.240. The molecule has 0 aliphatic carbocycles. The van der Waals surface area contributed by atoms with E-state index in [4.69, 9.17) is 0 Å². The van der Waals surface area contributed by atoms with Crippen molar-refractivity contribution in [3.8, 4) is 0 Å². The molecule has 0 aliphatic heterocycles. The third-order valence-electron chi connectivity index (χ3n) is 5.18. The van der Waals surface area contributed by atoms with Gasteiger partial charge in [-0.25, -0.2) is 0 Å². The molecule has 3 rings (SSSR count). The Labute approximate surface area is 187 Å². The Bertz CT molecular complexity index is 990. The number of carbonyl (C=O) groups is 1. The normalized spacial score (nSPS) is 12.1. The summed E-state index contributed by atoms with van der Waals surface area (Å²) in [5.74, 6) is -0.589. The number of hydrogen-bond acceptors (Lipinski definition) is 1. The number of benzene rings is 3. The van der Waals surface area contributed by atoms with Crippen molar-refractivity contribution in [1.82, 2.24) is 5.32 Å². The number of halogens is 6. The minimum absolute atomic E-state index is 0.0877. The van der Waals surface area contributed by atoms with Crippen molar-refractivity contribution in [3.05, 3.63) is 107 Å². The zero-order valence-corrected chi connectivity index (χ0v) is 17.4. The number of carbonyl (C=O) groups excluding carboxylic acids is 1. The maximum Gasteiger partial charge on any atom is 0.416 e. The summed E-state index contributed by atoms with van der Waals surface area (Å²) >= 11 is 0. The molecule has 3 aromatic carbocycles. The van der Waals surface area contributed by atoms with Gasteiger partial charge in [0.1, 0.15) is 0 Å². The van der Waals surface area contributed by atoms with Crippen LogP contribution in [0.1, 0.15) is 40.2 Å². The van der Waals surface area contributed by atoms with Crippen LogP contribution in [0.2, 0.25) is 0 Å². The van der Waals surface area contributed by atoms with E-state index in [2.05, 4.69) is 5.32 Å². The lowest BCUT2D eigenvalue weighted by molar-refractivity contribution is -0.143. The maximum absolute atomic E-state index is 13.0. The molecule has 0 heterocycles. The molecule has 0 atom stereocenters. The Balaban J connectivity index is 1.69. The van der Waals surface area contributed by atoms with Gasteiger partial charge in [-0.3, -0.25) is 4.79 Å². The molecule has 8 heteroatoms. The summed E-state index contributed by atoms with van der Waals surface area (Å²) in [6.45, 7) is -0.0895. The molecule has 0 aliphatic rings. The van der Waals surface area contributed by atoms with Gasteiger partial charge in [0.25, 0.3) is 0 Å². The van der Waals surface area contributed by atoms with Gasteiger partial charge in [0.2, 0.25) is 5.91 Å². The van der Waals surface area contributed by atoms with E-state index in [1.165, 1.54) is 0 Å². The summed E-state index contributed by atoms with van der Waals surface area (Å²) in [6, 6.07) is 20.2. The van der Waals surface area contributed by atoms with E-state index < -0.39 is 23.5 Å². The molecule has 0 aromatic heterocycles. The lowest BCUT2D eigenvalue weighted by Crippen LogP contribution is -2.27. The van der Waals surface area contributed by atoms with E-state index in [1.807, 2.05) is 60.7 Å². The molecule has 0 spiro atoms. The van der Waals surface area contributed by atoms with Crippen molar-refractivity contribution in [2.45, 2.75) is 31.1 Å². The predicted octanol–water partition coefficient (Wildman–Crippen LogP) is 6.61. The van der Waals surface area contributed by atoms with E-state index in [1.54, 1.807) is 0 Å². The van der Waals surface area contributed by atoms with Gasteiger partial charge in [-0.1, -0.05) is 60.7 Å². The van der Waals surface area contributed by atoms with Gasteiger partial charge in [0, 0.05) is 18.9 Å². The SMILES string of the molecule is O=C(CC(c1ccccc1)c1ccccc1)NCCc1cc(C(F)(F)F)cc(C(F)(F)F)c1. The van der Waals surface area contributed by atoms with Gasteiger partial charge >= 0.3 is 12.4 Å². The Morgan fingerprint density at radius 1 is 0.727 bits per heavy atom. The van der Waals surface area contributed by atoms with Gasteiger partial charge in [0.15, 0.2) is 0 Å². The first kappa shape index (κ1) is 24.4. The average molecular weight is 465 g/mol. The first-order chi connectivity index (χ1) is 15.5. The molecule has 2 nitrogen and oxygen atoms in total. The Morgan fingerprint density at radius 3 is 1.61 bits per heavy atom. The third kappa shape index (κ3) is 6.84. The van der Waals surface area contributed by atoms with E-state index in [0.29, 0.717) is 12.1 Å². The zero-order valence-electron chi connectivity index (χ0n) is 17.4. The van der Waals surface area contributed by atoms with Crippen LogP contribution in [-0.2, 0) is 23.6 Å². The van der Waals surface area contributed by atoms with Crippen LogP contribution in [0.5, 0.6) is 0 Å². The largest absolute Gasteiger partial charge is 0.416 e. The highest BCUT2D eigenvalue weighted by atomic mass is 19.4. The number of hydrogen-bond donors (Lipinski definition) is 1. The number of rotatable bonds is 7. The molecule has 33 heavy (non-hydrogen) atoms. The molecule has 0 radical (unpaired) electrons. The van der Waals surface area contributed by atoms with Crippen molar-refractivity contribution in [2.75, 3.05) is 6.54 Å². The van der Waals surface area contributed by atoms with Gasteiger partial charge in [-0.15, -0.1) is 0 Å². The van der Waals surface area contributed by atoms with E-state index in [9.17, 15) is 31.1 Å². The summed E-state index contributed by atoms with van der Waals surface area (Å²) < 4.78 is 78.1. The highest BCUT2D eigenvalue weighted by Crippen LogP contribution is 2.36. The summed E-state index contributed by atoms with van der Waals surface area (Å²) in [5.41, 5.74) is -1.04. The molecule has 3 aromatic rings. The summed E-state index contributed by atoms with van der Waals surface area (Å²) in [4.78, 5) is 12.6. The fourth-order valence-corrected chi connectivity index (χ4v) is 3.57. The highest BCUT2D eigenvalue weighted by molar-refractivity contribution is 5.77. The van der Waals surface area contributed by atoms with Crippen LogP contribution in [-0.4, -0.2) is 12.5 Å². The first-order valence-corrected chi connectivity index (χ1v) is 10.2. The maximum atomic E-state index is 13.0. The van der Waals surface area contributed by atoms with E-state index in [-0.39, 0.29) is 42.8 Å². The number of alkyl halides is 6. The summed E-state index contributed by atoms with van der Waals surface area (Å²) in [7, 11) is 0. The minimum Gasteiger partial charge on any atom is -0.356 e. The van der Waals surface area contributed by atoms with Gasteiger partial charge in [-0.05, 0) is 41.3 Å². The Morgan fingerprint density at radius 2 is 1.18 bits per heavy atom. The second-order valence-corrected chi connectivity index (χ2v) is 7.59. The second kappa shape index (κ2) is 10.1. The predicted molar refractivity (Wildman–Crippen MR) is 113 cm³/mol. The molecular weight excluding hydrogens is 444 g/mol. The van der Waals surface area contributed by atoms with Crippen molar-refractivity contribution in [3.63, 3.8) is 0 Å². The van der Waals surface area contributed by atoms with Crippen LogP contribution in [0.15, 0.2) is 78.9 Å². The molecule has 174 valence electrons. The summed E-state index contributed by atoms with van der Waals surface area (Å²) in [6.07, 6.45) is -9.89. The van der Waals surface area contributed by atoms with Crippen molar-refractivity contribution in [2.24, 2.45) is 0 Å². The van der Waals surface area contributed by atoms with Crippen LogP contribution in [0.25, 0.3) is 0 Å². The lowest BCUT2D eigenvalue weighted by Gasteiger charge is -2.18. The quantitative estimate of drug-likeness (QED) is 0.391. The minimum atomic E-state index is -4.90. The molecule has 0 bridgehead atoms. The van der Waals surface area contributed by atoms with Crippen LogP contribution >= 0.6 is 0 Å². The molecule has 1 N–H and O–H groups in total. The molecule has 1 amide bonds. The van der Waals surface area contributed by atoms with Gasteiger partial charge in [-0.2, -0.15) is 26.3 Å². The van der Waals surface area contributed by atoms with Gasteiger partial charge in [0.05, 0.1) is 11.1 Å². The molecule has 0 saturated carbocycles. The smallest absolute Gasteiger partial charge is 0.356 e. The molecular formula is C25H21F6NO. The van der Waals surface area contributed by atoms with Crippen LogP contribution < -0.4 is 5.32 Å². The second-order valence-electron chi connectivity index (χ2n) is 7.59.